The minimum absolute atomic E-state index is 0.255. The number of benzene rings is 4. The SMILES string of the molecule is C[N+](C)=C1NC(N)=NC(c2ccc(OCCCCP(Cl)(c3ccccc3)(c3ccccc3)c3ccccc3)cc2)N1. The number of halogens is 1. The third-order valence-electron chi connectivity index (χ3n) is 7.56. The monoisotopic (exact) mass is 586 g/mol. The number of hydrogen-bond acceptors (Lipinski definition) is 3. The number of nitrogens with two attached hydrogens (primary N) is 1. The Kier molecular flexibility index (Phi) is 8.63. The molecule has 4 aromatic rings. The second kappa shape index (κ2) is 12.3. The molecule has 0 spiro atoms. The van der Waals surface area contributed by atoms with Gasteiger partial charge >= 0.3 is 218 Å². The molecule has 1 atom stereocenters. The van der Waals surface area contributed by atoms with Crippen LogP contribution in [0.1, 0.15) is 24.6 Å². The summed E-state index contributed by atoms with van der Waals surface area (Å²) in [6, 6.07) is 39.9. The van der Waals surface area contributed by atoms with Crippen LogP contribution < -0.4 is 37.0 Å². The Morgan fingerprint density at radius 1 is 0.780 bits per heavy atom. The number of nitrogens with zero attached hydrogens (tertiary/aromatic N) is 2. The molecule has 6 nitrogen and oxygen atoms in total. The van der Waals surface area contributed by atoms with Gasteiger partial charge in [-0.1, -0.05) is 0 Å². The standard InChI is InChI=1S/C33H37ClN5OP/c1-39(2)33-37-31(36-32(35)38-33)26-20-22-27(23-21-26)40-24-12-13-25-41(34,28-14-6-3-7-15-28,29-16-8-4-9-17-29)30-18-10-5-11-19-30/h3-11,14-23,31H,12-13,24-25H2,1-2H3,(H3,35,36,37,38)/p+1. The molecule has 1 unspecified atom stereocenters. The molecular formula is C33H38ClN5OP+. The van der Waals surface area contributed by atoms with E-state index < -0.39 is 5.96 Å². The van der Waals surface area contributed by atoms with Gasteiger partial charge in [-0.15, -0.1) is 0 Å². The predicted molar refractivity (Wildman–Crippen MR) is 175 cm³/mol. The molecule has 5 rings (SSSR count). The zero-order chi connectivity index (χ0) is 28.7. The average Bonchev–Trinajstić information content (AvgIpc) is 3.02. The van der Waals surface area contributed by atoms with Gasteiger partial charge in [-0.05, 0) is 0 Å². The molecular weight excluding hydrogens is 549 g/mol. The maximum atomic E-state index is 8.16. The van der Waals surface area contributed by atoms with E-state index in [4.69, 9.17) is 21.7 Å². The molecule has 0 fully saturated rings. The second-order valence-electron chi connectivity index (χ2n) is 10.5. The van der Waals surface area contributed by atoms with E-state index in [1.54, 1.807) is 0 Å². The van der Waals surface area contributed by atoms with Gasteiger partial charge < -0.3 is 5.73 Å². The molecule has 0 aliphatic carbocycles. The second-order valence-corrected chi connectivity index (χ2v) is 17.1. The van der Waals surface area contributed by atoms with Crippen LogP contribution in [-0.2, 0) is 0 Å². The topological polar surface area (TPSA) is 74.7 Å². The first-order valence-corrected chi connectivity index (χ1v) is 17.2. The summed E-state index contributed by atoms with van der Waals surface area (Å²) in [6.45, 7) is 0.607. The molecule has 0 radical (unpaired) electrons. The van der Waals surface area contributed by atoms with Crippen molar-refractivity contribution in [2.45, 2.75) is 19.0 Å². The van der Waals surface area contributed by atoms with Crippen molar-refractivity contribution in [2.24, 2.45) is 10.7 Å². The Hall–Kier alpha value is -3.86. The summed E-state index contributed by atoms with van der Waals surface area (Å²) in [5.74, 6) is -1.22. The van der Waals surface area contributed by atoms with Crippen molar-refractivity contribution in [1.29, 1.82) is 0 Å². The normalized spacial score (nSPS) is 16.0. The zero-order valence-corrected chi connectivity index (χ0v) is 25.2. The molecule has 0 amide bonds. The molecule has 212 valence electrons. The molecule has 4 aromatic carbocycles. The molecule has 1 aliphatic heterocycles. The van der Waals surface area contributed by atoms with E-state index >= 15 is 0 Å². The van der Waals surface area contributed by atoms with Gasteiger partial charge in [0.15, 0.2) is 0 Å². The van der Waals surface area contributed by atoms with Crippen LogP contribution in [0.15, 0.2) is 120 Å². The van der Waals surface area contributed by atoms with Crippen molar-refractivity contribution in [3.8, 4) is 5.75 Å². The predicted octanol–water partition coefficient (Wildman–Crippen LogP) is 4.66. The van der Waals surface area contributed by atoms with Gasteiger partial charge in [0.2, 0.25) is 0 Å². The van der Waals surface area contributed by atoms with E-state index in [-0.39, 0.29) is 6.17 Å². The fourth-order valence-corrected chi connectivity index (χ4v) is 11.6. The summed E-state index contributed by atoms with van der Waals surface area (Å²) in [5, 5.41) is 9.97. The first-order chi connectivity index (χ1) is 19.9. The van der Waals surface area contributed by atoms with E-state index in [0.717, 1.165) is 36.3 Å². The van der Waals surface area contributed by atoms with Crippen LogP contribution >= 0.6 is 17.2 Å². The number of ether oxygens (including phenoxy) is 1. The maximum absolute atomic E-state index is 8.16. The van der Waals surface area contributed by atoms with Crippen LogP contribution in [0.2, 0.25) is 0 Å². The molecule has 0 aromatic heterocycles. The first kappa shape index (κ1) is 28.7. The molecule has 0 saturated heterocycles. The molecule has 41 heavy (non-hydrogen) atoms. The molecule has 8 heteroatoms. The Morgan fingerprint density at radius 2 is 1.29 bits per heavy atom. The van der Waals surface area contributed by atoms with Crippen molar-refractivity contribution >= 4 is 45.0 Å². The van der Waals surface area contributed by atoms with Crippen molar-refractivity contribution in [3.05, 3.63) is 121 Å². The summed E-state index contributed by atoms with van der Waals surface area (Å²) >= 11 is 8.16. The van der Waals surface area contributed by atoms with Gasteiger partial charge in [0, 0.05) is 0 Å². The number of guanidine groups is 2. The molecule has 0 bridgehead atoms. The van der Waals surface area contributed by atoms with Gasteiger partial charge in [0.1, 0.15) is 0 Å². The third-order valence-corrected chi connectivity index (χ3v) is 15.1. The quantitative estimate of drug-likeness (QED) is 0.144. The van der Waals surface area contributed by atoms with E-state index in [9.17, 15) is 0 Å². The molecule has 1 aliphatic rings. The number of hydrogen-bond donors (Lipinski definition) is 3. The summed E-state index contributed by atoms with van der Waals surface area (Å²) in [5.41, 5.74) is 6.99. The van der Waals surface area contributed by atoms with Crippen LogP contribution in [0.5, 0.6) is 5.75 Å². The van der Waals surface area contributed by atoms with Gasteiger partial charge in [0.05, 0.1) is 14.1 Å². The van der Waals surface area contributed by atoms with Crippen molar-refractivity contribution in [1.82, 2.24) is 10.6 Å². The van der Waals surface area contributed by atoms with Crippen LogP contribution in [0.4, 0.5) is 0 Å². The summed E-state index contributed by atoms with van der Waals surface area (Å²) in [4.78, 5) is 4.48. The van der Waals surface area contributed by atoms with E-state index in [0.29, 0.717) is 12.6 Å². The van der Waals surface area contributed by atoms with E-state index in [1.165, 1.54) is 15.9 Å². The summed E-state index contributed by atoms with van der Waals surface area (Å²) in [6.07, 6.45) is 2.40. The Bertz CT molecular complexity index is 1410. The number of aliphatic imine (C=N–C) groups is 1. The van der Waals surface area contributed by atoms with Crippen molar-refractivity contribution in [3.63, 3.8) is 0 Å². The molecule has 1 heterocycles. The van der Waals surface area contributed by atoms with Crippen LogP contribution in [0.25, 0.3) is 0 Å². The fourth-order valence-electron chi connectivity index (χ4n) is 5.39. The summed E-state index contributed by atoms with van der Waals surface area (Å²) in [7, 11) is 3.89. The average molecular weight is 587 g/mol. The van der Waals surface area contributed by atoms with Gasteiger partial charge in [-0.25, -0.2) is 5.32 Å². The van der Waals surface area contributed by atoms with Crippen molar-refractivity contribution in [2.75, 3.05) is 26.9 Å². The Morgan fingerprint density at radius 3 is 1.78 bits per heavy atom. The molecule has 0 saturated carbocycles. The Balaban J connectivity index is 1.30. The zero-order valence-electron chi connectivity index (χ0n) is 23.6. The number of unbranched alkanes of at least 4 members (excludes halogenated alkanes) is 1. The van der Waals surface area contributed by atoms with E-state index in [2.05, 4.69) is 107 Å². The van der Waals surface area contributed by atoms with Crippen LogP contribution in [0, 0.1) is 0 Å². The number of rotatable bonds is 10. The van der Waals surface area contributed by atoms with Gasteiger partial charge in [-0.3, -0.25) is 4.58 Å². The Labute approximate surface area is 247 Å². The minimum atomic E-state index is -3.24. The fraction of sp³-hybridized carbons (Fsp3) is 0.212. The van der Waals surface area contributed by atoms with Gasteiger partial charge in [0.25, 0.3) is 0 Å². The van der Waals surface area contributed by atoms with Gasteiger partial charge in [-0.2, -0.15) is 0 Å². The van der Waals surface area contributed by atoms with Crippen LogP contribution in [-0.4, -0.2) is 43.4 Å². The van der Waals surface area contributed by atoms with E-state index in [1.807, 2.05) is 42.9 Å². The first-order valence-electron chi connectivity index (χ1n) is 13.9. The van der Waals surface area contributed by atoms with Crippen LogP contribution in [0.3, 0.4) is 0 Å². The third kappa shape index (κ3) is 5.95. The summed E-state index contributed by atoms with van der Waals surface area (Å²) < 4.78 is 8.09. The molecule has 4 N–H and O–H groups in total. The number of nitrogens with one attached hydrogen (secondary N) is 2. The van der Waals surface area contributed by atoms with Crippen molar-refractivity contribution < 1.29 is 9.31 Å².